The van der Waals surface area contributed by atoms with E-state index < -0.39 is 0 Å². The SMILES string of the molecule is CCNC(=NCc1ncnn1C)N1CCCC(CC(N)=O)C1.I. The number of likely N-dealkylation sites (tertiary alicyclic amines) is 1. The number of halogens is 1. The van der Waals surface area contributed by atoms with Gasteiger partial charge in [-0.25, -0.2) is 9.98 Å². The zero-order chi connectivity index (χ0) is 15.9. The quantitative estimate of drug-likeness (QED) is 0.398. The van der Waals surface area contributed by atoms with Crippen LogP contribution in [-0.2, 0) is 18.4 Å². The number of amides is 1. The topological polar surface area (TPSA) is 101 Å². The summed E-state index contributed by atoms with van der Waals surface area (Å²) in [5, 5.41) is 7.36. The molecule has 0 aliphatic carbocycles. The number of nitrogens with zero attached hydrogens (tertiary/aromatic N) is 5. The molecule has 1 atom stereocenters. The number of carbonyl (C=O) groups is 1. The van der Waals surface area contributed by atoms with Gasteiger partial charge >= 0.3 is 0 Å². The minimum Gasteiger partial charge on any atom is -0.370 e. The van der Waals surface area contributed by atoms with Crippen molar-refractivity contribution in [3.63, 3.8) is 0 Å². The third-order valence-electron chi connectivity index (χ3n) is 3.82. The Bertz CT molecular complexity index is 531. The maximum Gasteiger partial charge on any atom is 0.217 e. The second-order valence-corrected chi connectivity index (χ2v) is 5.59. The summed E-state index contributed by atoms with van der Waals surface area (Å²) in [6.07, 6.45) is 4.06. The van der Waals surface area contributed by atoms with Gasteiger partial charge in [0.25, 0.3) is 0 Å². The van der Waals surface area contributed by atoms with E-state index in [2.05, 4.69) is 25.3 Å². The van der Waals surface area contributed by atoms with Gasteiger partial charge in [-0.1, -0.05) is 0 Å². The van der Waals surface area contributed by atoms with E-state index in [1.807, 2.05) is 14.0 Å². The molecule has 1 aromatic rings. The highest BCUT2D eigenvalue weighted by atomic mass is 127. The van der Waals surface area contributed by atoms with Gasteiger partial charge in [-0.3, -0.25) is 9.48 Å². The highest BCUT2D eigenvalue weighted by Gasteiger charge is 2.23. The molecule has 0 saturated carbocycles. The van der Waals surface area contributed by atoms with Crippen LogP contribution in [0.15, 0.2) is 11.3 Å². The smallest absolute Gasteiger partial charge is 0.217 e. The van der Waals surface area contributed by atoms with E-state index in [-0.39, 0.29) is 29.9 Å². The maximum absolute atomic E-state index is 11.1. The minimum absolute atomic E-state index is 0. The van der Waals surface area contributed by atoms with Gasteiger partial charge in [-0.2, -0.15) is 5.10 Å². The van der Waals surface area contributed by atoms with E-state index in [1.54, 1.807) is 4.68 Å². The molecule has 0 aromatic carbocycles. The third kappa shape index (κ3) is 5.96. The number of aromatic nitrogens is 3. The first-order valence-electron chi connectivity index (χ1n) is 7.74. The molecule has 0 bridgehead atoms. The summed E-state index contributed by atoms with van der Waals surface area (Å²) in [6.45, 7) is 5.08. The van der Waals surface area contributed by atoms with Crippen LogP contribution in [-0.4, -0.2) is 51.2 Å². The second kappa shape index (κ2) is 9.68. The maximum atomic E-state index is 11.1. The monoisotopic (exact) mass is 435 g/mol. The first-order valence-corrected chi connectivity index (χ1v) is 7.74. The molecule has 8 nitrogen and oxygen atoms in total. The van der Waals surface area contributed by atoms with Gasteiger partial charge in [0.05, 0.1) is 0 Å². The molecule has 0 radical (unpaired) electrons. The molecule has 2 heterocycles. The molecule has 1 aliphatic rings. The Labute approximate surface area is 153 Å². The van der Waals surface area contributed by atoms with Crippen LogP contribution in [0.3, 0.4) is 0 Å². The number of piperidine rings is 1. The Morgan fingerprint density at radius 3 is 2.96 bits per heavy atom. The van der Waals surface area contributed by atoms with Crippen LogP contribution in [0.25, 0.3) is 0 Å². The minimum atomic E-state index is -0.229. The summed E-state index contributed by atoms with van der Waals surface area (Å²) in [5.41, 5.74) is 5.32. The van der Waals surface area contributed by atoms with E-state index in [9.17, 15) is 4.79 Å². The van der Waals surface area contributed by atoms with E-state index in [0.717, 1.165) is 44.3 Å². The van der Waals surface area contributed by atoms with Gasteiger partial charge in [-0.05, 0) is 25.7 Å². The van der Waals surface area contributed by atoms with Gasteiger partial charge in [0.15, 0.2) is 5.96 Å². The number of aliphatic imine (C=N–C) groups is 1. The lowest BCUT2D eigenvalue weighted by atomic mass is 9.95. The molecule has 0 spiro atoms. The Morgan fingerprint density at radius 1 is 1.57 bits per heavy atom. The predicted molar refractivity (Wildman–Crippen MR) is 99.3 cm³/mol. The third-order valence-corrected chi connectivity index (χ3v) is 3.82. The summed E-state index contributed by atoms with van der Waals surface area (Å²) < 4.78 is 1.72. The summed E-state index contributed by atoms with van der Waals surface area (Å²) in [7, 11) is 1.86. The molecule has 1 aliphatic heterocycles. The number of aryl methyl sites for hydroxylation is 1. The van der Waals surface area contributed by atoms with Crippen molar-refractivity contribution in [2.75, 3.05) is 19.6 Å². The van der Waals surface area contributed by atoms with E-state index in [0.29, 0.717) is 18.9 Å². The fourth-order valence-electron chi connectivity index (χ4n) is 2.74. The van der Waals surface area contributed by atoms with Crippen molar-refractivity contribution in [3.8, 4) is 0 Å². The van der Waals surface area contributed by atoms with Gasteiger partial charge in [0, 0.05) is 33.1 Å². The number of carbonyl (C=O) groups excluding carboxylic acids is 1. The Balaban J connectivity index is 0.00000264. The summed E-state index contributed by atoms with van der Waals surface area (Å²) in [4.78, 5) is 22.2. The van der Waals surface area contributed by atoms with Crippen LogP contribution in [0.5, 0.6) is 0 Å². The average Bonchev–Trinajstić information content (AvgIpc) is 2.88. The second-order valence-electron chi connectivity index (χ2n) is 5.59. The highest BCUT2D eigenvalue weighted by Crippen LogP contribution is 2.19. The summed E-state index contributed by atoms with van der Waals surface area (Å²) in [5.74, 6) is 1.76. The van der Waals surface area contributed by atoms with Crippen molar-refractivity contribution < 1.29 is 4.79 Å². The molecule has 23 heavy (non-hydrogen) atoms. The largest absolute Gasteiger partial charge is 0.370 e. The molecule has 1 fully saturated rings. The molecule has 3 N–H and O–H groups in total. The van der Waals surface area contributed by atoms with Crippen molar-refractivity contribution in [2.24, 2.45) is 23.7 Å². The van der Waals surface area contributed by atoms with Crippen LogP contribution in [0.2, 0.25) is 0 Å². The molecular formula is C14H26IN7O. The van der Waals surface area contributed by atoms with Gasteiger partial charge in [0.1, 0.15) is 18.7 Å². The fourth-order valence-corrected chi connectivity index (χ4v) is 2.74. The number of nitrogens with two attached hydrogens (primary N) is 1. The predicted octanol–water partition coefficient (Wildman–Crippen LogP) is 0.486. The van der Waals surface area contributed by atoms with E-state index >= 15 is 0 Å². The molecule has 130 valence electrons. The molecule has 9 heteroatoms. The Kier molecular flexibility index (Phi) is 8.28. The number of primary amides is 1. The number of hydrogen-bond acceptors (Lipinski definition) is 4. The average molecular weight is 435 g/mol. The van der Waals surface area contributed by atoms with Gasteiger partial charge < -0.3 is 16.0 Å². The van der Waals surface area contributed by atoms with Crippen molar-refractivity contribution in [1.29, 1.82) is 0 Å². The van der Waals surface area contributed by atoms with Crippen molar-refractivity contribution >= 4 is 35.8 Å². The zero-order valence-electron chi connectivity index (χ0n) is 13.7. The lowest BCUT2D eigenvalue weighted by molar-refractivity contribution is -0.119. The molecule has 1 saturated heterocycles. The number of rotatable bonds is 5. The van der Waals surface area contributed by atoms with Crippen LogP contribution in [0.4, 0.5) is 0 Å². The summed E-state index contributed by atoms with van der Waals surface area (Å²) in [6, 6.07) is 0. The first-order chi connectivity index (χ1) is 10.6. The molecule has 1 aromatic heterocycles. The molecule has 2 rings (SSSR count). The fraction of sp³-hybridized carbons (Fsp3) is 0.714. The lowest BCUT2D eigenvalue weighted by Gasteiger charge is -2.34. The number of hydrogen-bond donors (Lipinski definition) is 2. The Hall–Kier alpha value is -1.39. The van der Waals surface area contributed by atoms with E-state index in [1.165, 1.54) is 6.33 Å². The molecule has 1 unspecified atom stereocenters. The number of guanidine groups is 1. The summed E-state index contributed by atoms with van der Waals surface area (Å²) >= 11 is 0. The molecule has 1 amide bonds. The van der Waals surface area contributed by atoms with Crippen molar-refractivity contribution in [2.45, 2.75) is 32.7 Å². The highest BCUT2D eigenvalue weighted by molar-refractivity contribution is 14.0. The van der Waals surface area contributed by atoms with Gasteiger partial charge in [-0.15, -0.1) is 24.0 Å². The molecular weight excluding hydrogens is 409 g/mol. The zero-order valence-corrected chi connectivity index (χ0v) is 16.1. The standard InChI is InChI=1S/C14H25N7O.HI/c1-3-16-14(17-8-13-18-10-19-20(13)2)21-6-4-5-11(9-21)7-12(15)22;/h10-11H,3-9H2,1-2H3,(H2,15,22)(H,16,17);1H. The van der Waals surface area contributed by atoms with Crippen LogP contribution >= 0.6 is 24.0 Å². The van der Waals surface area contributed by atoms with Crippen LogP contribution in [0.1, 0.15) is 32.0 Å². The first kappa shape index (κ1) is 19.7. The normalized spacial score (nSPS) is 18.4. The van der Waals surface area contributed by atoms with Crippen molar-refractivity contribution in [3.05, 3.63) is 12.2 Å². The van der Waals surface area contributed by atoms with Crippen LogP contribution in [0, 0.1) is 5.92 Å². The lowest BCUT2D eigenvalue weighted by Crippen LogP contribution is -2.47. The van der Waals surface area contributed by atoms with Gasteiger partial charge in [0.2, 0.25) is 5.91 Å². The Morgan fingerprint density at radius 2 is 2.35 bits per heavy atom. The van der Waals surface area contributed by atoms with Crippen molar-refractivity contribution in [1.82, 2.24) is 25.0 Å². The van der Waals surface area contributed by atoms with E-state index in [4.69, 9.17) is 5.73 Å². The number of nitrogens with one attached hydrogen (secondary N) is 1. The van der Waals surface area contributed by atoms with Crippen LogP contribution < -0.4 is 11.1 Å².